The molecule has 0 fully saturated rings. The highest BCUT2D eigenvalue weighted by molar-refractivity contribution is 6.31. The molecule has 4 rings (SSSR count). The number of aryl methyl sites for hydroxylation is 1. The third-order valence-electron chi connectivity index (χ3n) is 5.42. The summed E-state index contributed by atoms with van der Waals surface area (Å²) in [7, 11) is 0. The van der Waals surface area contributed by atoms with E-state index in [0.29, 0.717) is 10.6 Å². The van der Waals surface area contributed by atoms with E-state index in [9.17, 15) is 4.79 Å². The van der Waals surface area contributed by atoms with Crippen molar-refractivity contribution < 1.29 is 9.69 Å². The molecule has 3 nitrogen and oxygen atoms in total. The van der Waals surface area contributed by atoms with E-state index in [2.05, 4.69) is 41.7 Å². The van der Waals surface area contributed by atoms with Crippen molar-refractivity contribution >= 4 is 23.2 Å². The van der Waals surface area contributed by atoms with Gasteiger partial charge in [-0.3, -0.25) is 4.79 Å². The van der Waals surface area contributed by atoms with Gasteiger partial charge in [0.1, 0.15) is 13.1 Å². The molecule has 2 N–H and O–H groups in total. The van der Waals surface area contributed by atoms with Crippen LogP contribution < -0.4 is 10.2 Å². The Morgan fingerprint density at radius 1 is 1.04 bits per heavy atom. The summed E-state index contributed by atoms with van der Waals surface area (Å²) in [5.41, 5.74) is 6.58. The van der Waals surface area contributed by atoms with E-state index in [1.807, 2.05) is 31.2 Å². The number of hydrogen-bond donors (Lipinski definition) is 2. The molecule has 1 atom stereocenters. The molecule has 0 aromatic heterocycles. The molecule has 142 valence electrons. The van der Waals surface area contributed by atoms with Gasteiger partial charge in [-0.25, -0.2) is 0 Å². The van der Waals surface area contributed by atoms with Gasteiger partial charge in [-0.2, -0.15) is 0 Å². The number of anilines is 1. The molecule has 4 heteroatoms. The normalized spacial score (nSPS) is 15.7. The minimum absolute atomic E-state index is 0.115. The van der Waals surface area contributed by atoms with Crippen LogP contribution in [0.4, 0.5) is 5.69 Å². The summed E-state index contributed by atoms with van der Waals surface area (Å²) in [4.78, 5) is 14.1. The van der Waals surface area contributed by atoms with Gasteiger partial charge in [0.25, 0.3) is 5.91 Å². The van der Waals surface area contributed by atoms with Crippen LogP contribution in [0.3, 0.4) is 0 Å². The van der Waals surface area contributed by atoms with E-state index < -0.39 is 0 Å². The first-order valence-corrected chi connectivity index (χ1v) is 10.0. The highest BCUT2D eigenvalue weighted by Crippen LogP contribution is 2.21. The topological polar surface area (TPSA) is 33.5 Å². The van der Waals surface area contributed by atoms with Crippen LogP contribution in [0.1, 0.15) is 32.6 Å². The van der Waals surface area contributed by atoms with Crippen molar-refractivity contribution in [1.82, 2.24) is 0 Å². The third-order valence-corrected chi connectivity index (χ3v) is 5.66. The van der Waals surface area contributed by atoms with E-state index in [4.69, 9.17) is 11.6 Å². The number of hydrogen-bond acceptors (Lipinski definition) is 1. The Bertz CT molecular complexity index is 998. The molecular formula is C24H24ClN2O+. The number of halogens is 1. The second-order valence-electron chi connectivity index (χ2n) is 7.48. The predicted molar refractivity (Wildman–Crippen MR) is 114 cm³/mol. The second kappa shape index (κ2) is 8.17. The quantitative estimate of drug-likeness (QED) is 0.691. The maximum absolute atomic E-state index is 12.6. The molecule has 1 heterocycles. The van der Waals surface area contributed by atoms with Gasteiger partial charge >= 0.3 is 0 Å². The Kier molecular flexibility index (Phi) is 5.47. The lowest BCUT2D eigenvalue weighted by atomic mass is 9.99. The summed E-state index contributed by atoms with van der Waals surface area (Å²) < 4.78 is 0. The lowest BCUT2D eigenvalue weighted by Crippen LogP contribution is -3.10. The van der Waals surface area contributed by atoms with Crippen LogP contribution in [0.25, 0.3) is 0 Å². The second-order valence-corrected chi connectivity index (χ2v) is 7.92. The fraction of sp³-hybridized carbons (Fsp3) is 0.208. The van der Waals surface area contributed by atoms with Crippen molar-refractivity contribution in [2.24, 2.45) is 0 Å². The highest BCUT2D eigenvalue weighted by atomic mass is 35.5. The average Bonchev–Trinajstić information content (AvgIpc) is 2.71. The molecule has 3 aromatic carbocycles. The Hall–Kier alpha value is -2.62. The Balaban J connectivity index is 1.40. The molecule has 3 aromatic rings. The minimum Gasteiger partial charge on any atom is -0.327 e. The van der Waals surface area contributed by atoms with E-state index in [-0.39, 0.29) is 5.91 Å². The van der Waals surface area contributed by atoms with Crippen molar-refractivity contribution in [1.29, 1.82) is 0 Å². The number of carbonyl (C=O) groups excluding carboxylic acids is 1. The number of nitrogens with one attached hydrogen (secondary N) is 2. The van der Waals surface area contributed by atoms with E-state index >= 15 is 0 Å². The van der Waals surface area contributed by atoms with Gasteiger partial charge in [0, 0.05) is 33.8 Å². The van der Waals surface area contributed by atoms with Crippen molar-refractivity contribution in [3.8, 4) is 0 Å². The number of quaternary nitrogens is 1. The Labute approximate surface area is 171 Å². The molecule has 1 aliphatic rings. The van der Waals surface area contributed by atoms with Crippen LogP contribution in [0.5, 0.6) is 0 Å². The maximum Gasteiger partial charge on any atom is 0.255 e. The summed E-state index contributed by atoms with van der Waals surface area (Å²) in [5, 5.41) is 3.56. The number of rotatable bonds is 4. The van der Waals surface area contributed by atoms with Crippen LogP contribution in [-0.2, 0) is 19.5 Å². The molecule has 0 saturated carbocycles. The predicted octanol–water partition coefficient (Wildman–Crippen LogP) is 4.04. The first kappa shape index (κ1) is 18.7. The van der Waals surface area contributed by atoms with Crippen molar-refractivity contribution in [3.05, 3.63) is 99.6 Å². The summed E-state index contributed by atoms with van der Waals surface area (Å²) in [6, 6.07) is 22.2. The van der Waals surface area contributed by atoms with Gasteiger partial charge in [0.15, 0.2) is 0 Å². The molecule has 0 aliphatic carbocycles. The van der Waals surface area contributed by atoms with Crippen molar-refractivity contribution in [2.75, 3.05) is 11.9 Å². The number of carbonyl (C=O) groups is 1. The zero-order valence-corrected chi connectivity index (χ0v) is 16.7. The summed E-state index contributed by atoms with van der Waals surface area (Å²) in [6.07, 6.45) is 1.13. The number of amides is 1. The number of benzene rings is 3. The van der Waals surface area contributed by atoms with Crippen LogP contribution in [-0.4, -0.2) is 12.5 Å². The molecule has 0 radical (unpaired) electrons. The molecule has 1 amide bonds. The van der Waals surface area contributed by atoms with Gasteiger partial charge in [0.2, 0.25) is 0 Å². The molecule has 0 spiro atoms. The van der Waals surface area contributed by atoms with E-state index in [0.717, 1.165) is 37.3 Å². The summed E-state index contributed by atoms with van der Waals surface area (Å²) in [6.45, 7) is 5.14. The van der Waals surface area contributed by atoms with Gasteiger partial charge in [-0.15, -0.1) is 0 Å². The average molecular weight is 392 g/mol. The Morgan fingerprint density at radius 2 is 1.79 bits per heavy atom. The first-order chi connectivity index (χ1) is 13.6. The maximum atomic E-state index is 12.6. The fourth-order valence-corrected chi connectivity index (χ4v) is 3.95. The van der Waals surface area contributed by atoms with Gasteiger partial charge in [-0.1, -0.05) is 54.1 Å². The standard InChI is InChI=1S/C24H23ClN2O/c1-17-6-11-22(25)14-23(17)26-24(28)20-9-7-18(8-10-20)15-27-13-12-19-4-2-3-5-21(19)16-27/h2-11,14H,12-13,15-16H2,1H3,(H,26,28)/p+1. The lowest BCUT2D eigenvalue weighted by molar-refractivity contribution is -0.929. The number of fused-ring (bicyclic) bond motifs is 1. The van der Waals surface area contributed by atoms with Gasteiger partial charge < -0.3 is 10.2 Å². The fourth-order valence-electron chi connectivity index (χ4n) is 3.78. The SMILES string of the molecule is Cc1ccc(Cl)cc1NC(=O)c1ccc(C[NH+]2CCc3ccccc3C2)cc1. The molecule has 0 bridgehead atoms. The zero-order chi connectivity index (χ0) is 19.5. The Morgan fingerprint density at radius 3 is 2.57 bits per heavy atom. The van der Waals surface area contributed by atoms with E-state index in [1.54, 1.807) is 11.0 Å². The molecule has 28 heavy (non-hydrogen) atoms. The van der Waals surface area contributed by atoms with Crippen molar-refractivity contribution in [2.45, 2.75) is 26.4 Å². The summed E-state index contributed by atoms with van der Waals surface area (Å²) in [5.74, 6) is -0.115. The monoisotopic (exact) mass is 391 g/mol. The molecule has 0 saturated heterocycles. The molecular weight excluding hydrogens is 368 g/mol. The smallest absolute Gasteiger partial charge is 0.255 e. The van der Waals surface area contributed by atoms with Gasteiger partial charge in [0.05, 0.1) is 6.54 Å². The van der Waals surface area contributed by atoms with E-state index in [1.165, 1.54) is 16.7 Å². The third kappa shape index (κ3) is 4.27. The zero-order valence-electron chi connectivity index (χ0n) is 16.0. The molecule has 1 unspecified atom stereocenters. The lowest BCUT2D eigenvalue weighted by Gasteiger charge is -2.26. The van der Waals surface area contributed by atoms with Crippen LogP contribution in [0.15, 0.2) is 66.7 Å². The van der Waals surface area contributed by atoms with Gasteiger partial charge in [-0.05, 0) is 42.3 Å². The van der Waals surface area contributed by atoms with Crippen molar-refractivity contribution in [3.63, 3.8) is 0 Å². The van der Waals surface area contributed by atoms with Crippen LogP contribution >= 0.6 is 11.6 Å². The summed E-state index contributed by atoms with van der Waals surface area (Å²) >= 11 is 6.04. The molecule has 1 aliphatic heterocycles. The highest BCUT2D eigenvalue weighted by Gasteiger charge is 2.19. The van der Waals surface area contributed by atoms with Crippen LogP contribution in [0.2, 0.25) is 5.02 Å². The minimum atomic E-state index is -0.115. The van der Waals surface area contributed by atoms with Crippen LogP contribution in [0, 0.1) is 6.92 Å². The first-order valence-electron chi connectivity index (χ1n) is 9.65. The largest absolute Gasteiger partial charge is 0.327 e.